The van der Waals surface area contributed by atoms with Crippen molar-refractivity contribution in [1.29, 1.82) is 0 Å². The smallest absolute Gasteiger partial charge is 0.0942 e. The summed E-state index contributed by atoms with van der Waals surface area (Å²) in [5, 5.41) is 21.0. The summed E-state index contributed by atoms with van der Waals surface area (Å²) in [7, 11) is 0. The van der Waals surface area contributed by atoms with Crippen molar-refractivity contribution in [3.63, 3.8) is 0 Å². The molecular formula is C12H17NO2. The summed E-state index contributed by atoms with van der Waals surface area (Å²) in [5.41, 5.74) is 3.89. The summed E-state index contributed by atoms with van der Waals surface area (Å²) in [6.07, 6.45) is 2.92. The Morgan fingerprint density at radius 3 is 2.87 bits per heavy atom. The van der Waals surface area contributed by atoms with Crippen molar-refractivity contribution < 1.29 is 10.2 Å². The first-order valence-electron chi connectivity index (χ1n) is 5.44. The predicted octanol–water partition coefficient (Wildman–Crippen LogP) is 0.940. The second-order valence-corrected chi connectivity index (χ2v) is 4.05. The van der Waals surface area contributed by atoms with Gasteiger partial charge in [0.2, 0.25) is 0 Å². The van der Waals surface area contributed by atoms with Gasteiger partial charge in [-0.1, -0.05) is 6.07 Å². The van der Waals surface area contributed by atoms with E-state index >= 15 is 0 Å². The zero-order chi connectivity index (χ0) is 10.7. The molecule has 0 aromatic heterocycles. The van der Waals surface area contributed by atoms with Gasteiger partial charge in [0.25, 0.3) is 0 Å². The molecule has 3 nitrogen and oxygen atoms in total. The fraction of sp³-hybridized carbons (Fsp3) is 0.500. The molecule has 0 fully saturated rings. The van der Waals surface area contributed by atoms with E-state index in [9.17, 15) is 5.11 Å². The predicted molar refractivity (Wildman–Crippen MR) is 60.0 cm³/mol. The minimum absolute atomic E-state index is 0.196. The molecule has 0 spiro atoms. The molecule has 0 radical (unpaired) electrons. The lowest BCUT2D eigenvalue weighted by atomic mass is 10.1. The molecule has 1 atom stereocenters. The maximum atomic E-state index is 9.20. The van der Waals surface area contributed by atoms with Crippen LogP contribution in [0, 0.1) is 0 Å². The van der Waals surface area contributed by atoms with E-state index in [1.165, 1.54) is 24.0 Å². The molecule has 0 saturated heterocycles. The van der Waals surface area contributed by atoms with Crippen molar-refractivity contribution >= 4 is 5.69 Å². The lowest BCUT2D eigenvalue weighted by Crippen LogP contribution is -2.22. The second-order valence-electron chi connectivity index (χ2n) is 4.05. The monoisotopic (exact) mass is 207 g/mol. The van der Waals surface area contributed by atoms with Crippen LogP contribution in [0.25, 0.3) is 0 Å². The quantitative estimate of drug-likeness (QED) is 0.688. The molecule has 0 amide bonds. The minimum atomic E-state index is -0.682. The molecule has 0 bridgehead atoms. The SMILES string of the molecule is OCC(O)CNc1ccc2c(c1)CCC2. The Bertz CT molecular complexity index is 338. The highest BCUT2D eigenvalue weighted by molar-refractivity contribution is 5.50. The van der Waals surface area contributed by atoms with Crippen molar-refractivity contribution in [2.45, 2.75) is 25.4 Å². The highest BCUT2D eigenvalue weighted by Crippen LogP contribution is 2.24. The molecule has 3 N–H and O–H groups in total. The van der Waals surface area contributed by atoms with Crippen LogP contribution in [0.5, 0.6) is 0 Å². The van der Waals surface area contributed by atoms with Gasteiger partial charge in [-0.3, -0.25) is 0 Å². The maximum absolute atomic E-state index is 9.20. The highest BCUT2D eigenvalue weighted by atomic mass is 16.3. The van der Waals surface area contributed by atoms with Gasteiger partial charge in [0, 0.05) is 12.2 Å². The molecule has 1 unspecified atom stereocenters. The summed E-state index contributed by atoms with van der Waals surface area (Å²) in [5.74, 6) is 0. The molecule has 2 rings (SSSR count). The number of aliphatic hydroxyl groups excluding tert-OH is 2. The Kier molecular flexibility index (Phi) is 3.23. The van der Waals surface area contributed by atoms with Gasteiger partial charge in [-0.15, -0.1) is 0 Å². The third kappa shape index (κ3) is 2.49. The summed E-state index contributed by atoms with van der Waals surface area (Å²) in [6.45, 7) is 0.202. The maximum Gasteiger partial charge on any atom is 0.0942 e. The first-order valence-corrected chi connectivity index (χ1v) is 5.44. The normalized spacial score (nSPS) is 16.1. The number of fused-ring (bicyclic) bond motifs is 1. The number of benzene rings is 1. The largest absolute Gasteiger partial charge is 0.394 e. The van der Waals surface area contributed by atoms with Crippen LogP contribution in [0.3, 0.4) is 0 Å². The summed E-state index contributed by atoms with van der Waals surface area (Å²) in [4.78, 5) is 0. The Labute approximate surface area is 89.8 Å². The minimum Gasteiger partial charge on any atom is -0.394 e. The van der Waals surface area contributed by atoms with Crippen LogP contribution >= 0.6 is 0 Å². The molecule has 0 saturated carbocycles. The topological polar surface area (TPSA) is 52.5 Å². The molecular weight excluding hydrogens is 190 g/mol. The zero-order valence-electron chi connectivity index (χ0n) is 8.74. The Morgan fingerprint density at radius 2 is 2.07 bits per heavy atom. The summed E-state index contributed by atoms with van der Waals surface area (Å²) >= 11 is 0. The van der Waals surface area contributed by atoms with E-state index in [4.69, 9.17) is 5.11 Å². The Balaban J connectivity index is 1.98. The van der Waals surface area contributed by atoms with Crippen LogP contribution in [0.15, 0.2) is 18.2 Å². The Hall–Kier alpha value is -1.06. The first kappa shape index (κ1) is 10.5. The van der Waals surface area contributed by atoms with E-state index in [0.29, 0.717) is 6.54 Å². The molecule has 3 heteroatoms. The van der Waals surface area contributed by atoms with E-state index in [1.54, 1.807) is 0 Å². The van der Waals surface area contributed by atoms with E-state index in [2.05, 4.69) is 17.4 Å². The van der Waals surface area contributed by atoms with E-state index in [0.717, 1.165) is 12.1 Å². The fourth-order valence-electron chi connectivity index (χ4n) is 1.98. The number of aryl methyl sites for hydroxylation is 2. The third-order valence-electron chi connectivity index (χ3n) is 2.85. The second kappa shape index (κ2) is 4.64. The zero-order valence-corrected chi connectivity index (χ0v) is 8.74. The van der Waals surface area contributed by atoms with Gasteiger partial charge < -0.3 is 15.5 Å². The number of hydrogen-bond donors (Lipinski definition) is 3. The average Bonchev–Trinajstić information content (AvgIpc) is 2.72. The standard InChI is InChI=1S/C12H17NO2/c14-8-12(15)7-13-11-5-4-9-2-1-3-10(9)6-11/h4-6,12-15H,1-3,7-8H2. The van der Waals surface area contributed by atoms with Crippen LogP contribution < -0.4 is 5.32 Å². The number of rotatable bonds is 4. The summed E-state index contributed by atoms with van der Waals surface area (Å²) in [6, 6.07) is 6.33. The lowest BCUT2D eigenvalue weighted by molar-refractivity contribution is 0.105. The van der Waals surface area contributed by atoms with Crippen LogP contribution in [0.4, 0.5) is 5.69 Å². The number of hydrogen-bond acceptors (Lipinski definition) is 3. The van der Waals surface area contributed by atoms with Crippen molar-refractivity contribution in [2.24, 2.45) is 0 Å². The van der Waals surface area contributed by atoms with Crippen LogP contribution in [0.1, 0.15) is 17.5 Å². The van der Waals surface area contributed by atoms with Crippen molar-refractivity contribution in [1.82, 2.24) is 0 Å². The van der Waals surface area contributed by atoms with Gasteiger partial charge in [0.15, 0.2) is 0 Å². The highest BCUT2D eigenvalue weighted by Gasteiger charge is 2.10. The molecule has 1 aliphatic carbocycles. The average molecular weight is 207 g/mol. The molecule has 15 heavy (non-hydrogen) atoms. The number of aliphatic hydroxyl groups is 2. The number of nitrogens with one attached hydrogen (secondary N) is 1. The lowest BCUT2D eigenvalue weighted by Gasteiger charge is -2.11. The van der Waals surface area contributed by atoms with Crippen LogP contribution in [-0.2, 0) is 12.8 Å². The van der Waals surface area contributed by atoms with Gasteiger partial charge in [0.05, 0.1) is 12.7 Å². The van der Waals surface area contributed by atoms with Crippen molar-refractivity contribution in [3.8, 4) is 0 Å². The van der Waals surface area contributed by atoms with Crippen LogP contribution in [0.2, 0.25) is 0 Å². The molecule has 1 aliphatic rings. The van der Waals surface area contributed by atoms with E-state index < -0.39 is 6.10 Å². The van der Waals surface area contributed by atoms with Crippen molar-refractivity contribution in [2.75, 3.05) is 18.5 Å². The third-order valence-corrected chi connectivity index (χ3v) is 2.85. The number of anilines is 1. The molecule has 82 valence electrons. The van der Waals surface area contributed by atoms with Gasteiger partial charge in [-0.2, -0.15) is 0 Å². The molecule has 0 aliphatic heterocycles. The van der Waals surface area contributed by atoms with E-state index in [1.807, 2.05) is 6.07 Å². The first-order chi connectivity index (χ1) is 7.29. The molecule has 1 aromatic rings. The Morgan fingerprint density at radius 1 is 1.27 bits per heavy atom. The fourth-order valence-corrected chi connectivity index (χ4v) is 1.98. The van der Waals surface area contributed by atoms with Gasteiger partial charge in [-0.25, -0.2) is 0 Å². The van der Waals surface area contributed by atoms with Crippen molar-refractivity contribution in [3.05, 3.63) is 29.3 Å². The van der Waals surface area contributed by atoms with Gasteiger partial charge >= 0.3 is 0 Å². The van der Waals surface area contributed by atoms with Gasteiger partial charge in [0.1, 0.15) is 0 Å². The van der Waals surface area contributed by atoms with E-state index in [-0.39, 0.29) is 6.61 Å². The van der Waals surface area contributed by atoms with Gasteiger partial charge in [-0.05, 0) is 42.5 Å². The molecule has 1 aromatic carbocycles. The van der Waals surface area contributed by atoms with Crippen LogP contribution in [-0.4, -0.2) is 29.5 Å². The summed E-state index contributed by atoms with van der Waals surface area (Å²) < 4.78 is 0. The molecule has 0 heterocycles.